The highest BCUT2D eigenvalue weighted by molar-refractivity contribution is 5.63. The number of anilines is 1. The Morgan fingerprint density at radius 2 is 1.71 bits per heavy atom. The number of aromatic nitrogens is 6. The minimum atomic E-state index is 0.0762. The molecule has 0 aliphatic heterocycles. The van der Waals surface area contributed by atoms with Gasteiger partial charge in [0.15, 0.2) is 17.2 Å². The second-order valence-electron chi connectivity index (χ2n) is 3.12. The number of nitrogen functional groups attached to an aromatic ring is 1. The maximum absolute atomic E-state index is 5.49. The molecule has 0 aromatic carbocycles. The van der Waals surface area contributed by atoms with E-state index in [4.69, 9.17) is 10.3 Å². The Balaban J connectivity index is 2.05. The molecule has 86 valence electrons. The van der Waals surface area contributed by atoms with Crippen LogP contribution in [0.3, 0.4) is 0 Å². The molecule has 3 rings (SSSR count). The summed E-state index contributed by atoms with van der Waals surface area (Å²) in [6, 6.07) is 0. The van der Waals surface area contributed by atoms with Crippen LogP contribution in [-0.4, -0.2) is 30.8 Å². The van der Waals surface area contributed by atoms with E-state index in [0.29, 0.717) is 11.4 Å². The SMILES string of the molecule is Cc1nonc1-c1nc(-c2nonc2N)no1. The molecule has 0 amide bonds. The van der Waals surface area contributed by atoms with E-state index < -0.39 is 0 Å². The Labute approximate surface area is 92.7 Å². The summed E-state index contributed by atoms with van der Waals surface area (Å²) in [6.07, 6.45) is 0. The third kappa shape index (κ3) is 1.42. The van der Waals surface area contributed by atoms with Crippen LogP contribution in [0.5, 0.6) is 0 Å². The van der Waals surface area contributed by atoms with Crippen LogP contribution in [0.1, 0.15) is 5.69 Å². The summed E-state index contributed by atoms with van der Waals surface area (Å²) in [5.74, 6) is 0.384. The number of aryl methyl sites for hydroxylation is 1. The molecule has 3 aromatic rings. The van der Waals surface area contributed by atoms with Gasteiger partial charge in [-0.1, -0.05) is 10.3 Å². The van der Waals surface area contributed by atoms with Crippen molar-refractivity contribution in [1.29, 1.82) is 0 Å². The molecule has 0 atom stereocenters. The number of nitrogens with zero attached hydrogens (tertiary/aromatic N) is 6. The van der Waals surface area contributed by atoms with E-state index in [1.807, 2.05) is 0 Å². The van der Waals surface area contributed by atoms with Crippen molar-refractivity contribution >= 4 is 5.82 Å². The second kappa shape index (κ2) is 3.37. The van der Waals surface area contributed by atoms with Gasteiger partial charge in [-0.2, -0.15) is 4.98 Å². The molecule has 3 heterocycles. The van der Waals surface area contributed by atoms with Gasteiger partial charge < -0.3 is 10.3 Å². The fourth-order valence-corrected chi connectivity index (χ4v) is 1.19. The number of hydrogen-bond acceptors (Lipinski definition) is 10. The second-order valence-corrected chi connectivity index (χ2v) is 3.12. The lowest BCUT2D eigenvalue weighted by molar-refractivity contribution is 0.304. The summed E-state index contributed by atoms with van der Waals surface area (Å²) >= 11 is 0. The predicted octanol–water partition coefficient (Wildman–Crippen LogP) is 0.0602. The molecule has 0 aliphatic rings. The number of rotatable bonds is 2. The summed E-state index contributed by atoms with van der Waals surface area (Å²) in [5.41, 5.74) is 6.59. The highest BCUT2D eigenvalue weighted by Gasteiger charge is 2.20. The standard InChI is InChI=1S/C7H5N7O3/c1-2-3(11-16-10-2)7-9-6(14-15-7)4-5(8)13-17-12-4/h1H3,(H2,8,13). The lowest BCUT2D eigenvalue weighted by Gasteiger charge is -1.83. The van der Waals surface area contributed by atoms with Crippen molar-refractivity contribution in [2.45, 2.75) is 6.92 Å². The van der Waals surface area contributed by atoms with E-state index in [9.17, 15) is 0 Å². The van der Waals surface area contributed by atoms with E-state index in [1.54, 1.807) is 6.92 Å². The van der Waals surface area contributed by atoms with Crippen LogP contribution < -0.4 is 5.73 Å². The summed E-state index contributed by atoms with van der Waals surface area (Å²) in [5, 5.41) is 17.9. The van der Waals surface area contributed by atoms with Crippen molar-refractivity contribution in [2.24, 2.45) is 0 Å². The van der Waals surface area contributed by atoms with Crippen LogP contribution in [0.2, 0.25) is 0 Å². The van der Waals surface area contributed by atoms with Crippen molar-refractivity contribution in [1.82, 2.24) is 30.8 Å². The average molecular weight is 235 g/mol. The average Bonchev–Trinajstić information content (AvgIpc) is 2.97. The summed E-state index contributed by atoms with van der Waals surface area (Å²) in [6.45, 7) is 1.70. The number of nitrogens with two attached hydrogens (primary N) is 1. The van der Waals surface area contributed by atoms with E-state index in [1.165, 1.54) is 0 Å². The van der Waals surface area contributed by atoms with Crippen LogP contribution in [0.15, 0.2) is 13.8 Å². The topological polar surface area (TPSA) is 143 Å². The molecule has 2 N–H and O–H groups in total. The lowest BCUT2D eigenvalue weighted by atomic mass is 10.3. The van der Waals surface area contributed by atoms with Crippen molar-refractivity contribution in [2.75, 3.05) is 5.73 Å². The van der Waals surface area contributed by atoms with Crippen LogP contribution in [0.25, 0.3) is 23.1 Å². The molecule has 0 spiro atoms. The molecule has 0 radical (unpaired) electrons. The molecule has 3 aromatic heterocycles. The molecular weight excluding hydrogens is 230 g/mol. The quantitative estimate of drug-likeness (QED) is 0.647. The zero-order valence-corrected chi connectivity index (χ0v) is 8.49. The molecule has 0 saturated carbocycles. The molecule has 17 heavy (non-hydrogen) atoms. The largest absolute Gasteiger partial charge is 0.379 e. The van der Waals surface area contributed by atoms with E-state index in [-0.39, 0.29) is 23.2 Å². The maximum atomic E-state index is 5.49. The summed E-state index contributed by atoms with van der Waals surface area (Å²) in [7, 11) is 0. The van der Waals surface area contributed by atoms with Crippen molar-refractivity contribution in [3.8, 4) is 23.1 Å². The molecule has 10 heteroatoms. The van der Waals surface area contributed by atoms with Gasteiger partial charge in [0.1, 0.15) is 5.69 Å². The molecule has 0 fully saturated rings. The minimum absolute atomic E-state index is 0.0762. The third-order valence-corrected chi connectivity index (χ3v) is 2.01. The van der Waals surface area contributed by atoms with Crippen LogP contribution in [-0.2, 0) is 0 Å². The monoisotopic (exact) mass is 235 g/mol. The lowest BCUT2D eigenvalue weighted by Crippen LogP contribution is -1.90. The first kappa shape index (κ1) is 9.45. The first-order valence-corrected chi connectivity index (χ1v) is 4.47. The van der Waals surface area contributed by atoms with Crippen molar-refractivity contribution in [3.63, 3.8) is 0 Å². The van der Waals surface area contributed by atoms with Gasteiger partial charge in [-0.3, -0.25) is 0 Å². The Morgan fingerprint density at radius 3 is 2.35 bits per heavy atom. The predicted molar refractivity (Wildman–Crippen MR) is 50.0 cm³/mol. The van der Waals surface area contributed by atoms with E-state index >= 15 is 0 Å². The third-order valence-electron chi connectivity index (χ3n) is 2.01. The van der Waals surface area contributed by atoms with Crippen molar-refractivity contribution < 1.29 is 13.8 Å². The Kier molecular flexibility index (Phi) is 1.87. The van der Waals surface area contributed by atoms with E-state index in [0.717, 1.165) is 0 Å². The summed E-state index contributed by atoms with van der Waals surface area (Å²) < 4.78 is 13.9. The van der Waals surface area contributed by atoms with Gasteiger partial charge in [0.05, 0.1) is 0 Å². The Morgan fingerprint density at radius 1 is 0.941 bits per heavy atom. The van der Waals surface area contributed by atoms with Crippen LogP contribution in [0.4, 0.5) is 5.82 Å². The summed E-state index contributed by atoms with van der Waals surface area (Å²) in [4.78, 5) is 4.03. The Bertz CT molecular complexity index is 599. The zero-order chi connectivity index (χ0) is 11.8. The molecule has 0 bridgehead atoms. The highest BCUT2D eigenvalue weighted by Crippen LogP contribution is 2.23. The normalized spacial score (nSPS) is 10.9. The van der Waals surface area contributed by atoms with Crippen LogP contribution >= 0.6 is 0 Å². The van der Waals surface area contributed by atoms with Gasteiger partial charge in [-0.25, -0.2) is 9.26 Å². The van der Waals surface area contributed by atoms with Gasteiger partial charge in [-0.15, -0.1) is 0 Å². The first-order valence-electron chi connectivity index (χ1n) is 4.47. The van der Waals surface area contributed by atoms with Gasteiger partial charge >= 0.3 is 0 Å². The number of hydrogen-bond donors (Lipinski definition) is 1. The van der Waals surface area contributed by atoms with Gasteiger partial charge in [0.2, 0.25) is 5.82 Å². The van der Waals surface area contributed by atoms with Gasteiger partial charge in [0, 0.05) is 0 Å². The minimum Gasteiger partial charge on any atom is -0.379 e. The molecule has 10 nitrogen and oxygen atoms in total. The van der Waals surface area contributed by atoms with Gasteiger partial charge in [0.25, 0.3) is 5.89 Å². The molecule has 0 unspecified atom stereocenters. The molecule has 0 saturated heterocycles. The molecular formula is C7H5N7O3. The molecule has 0 aliphatic carbocycles. The maximum Gasteiger partial charge on any atom is 0.282 e. The van der Waals surface area contributed by atoms with Crippen LogP contribution in [0, 0.1) is 6.92 Å². The van der Waals surface area contributed by atoms with Crippen molar-refractivity contribution in [3.05, 3.63) is 5.69 Å². The van der Waals surface area contributed by atoms with E-state index in [2.05, 4.69) is 40.0 Å². The fraction of sp³-hybridized carbons (Fsp3) is 0.143. The fourth-order valence-electron chi connectivity index (χ4n) is 1.19. The zero-order valence-electron chi connectivity index (χ0n) is 8.49. The Hall–Kier alpha value is -2.78. The smallest absolute Gasteiger partial charge is 0.282 e. The first-order chi connectivity index (χ1) is 8.25. The highest BCUT2D eigenvalue weighted by atomic mass is 16.6. The van der Waals surface area contributed by atoms with Gasteiger partial charge in [-0.05, 0) is 22.4 Å².